The van der Waals surface area contributed by atoms with Gasteiger partial charge in [0.2, 0.25) is 0 Å². The lowest BCUT2D eigenvalue weighted by molar-refractivity contribution is 0.0376. The summed E-state index contributed by atoms with van der Waals surface area (Å²) in [6.07, 6.45) is 6.27. The molecule has 0 N–H and O–H groups in total. The van der Waals surface area contributed by atoms with Gasteiger partial charge in [-0.05, 0) is 26.3 Å². The number of imidazole rings is 1. The molecule has 7 heteroatoms. The Hall–Kier alpha value is -1.60. The van der Waals surface area contributed by atoms with Crippen molar-refractivity contribution in [2.75, 3.05) is 59.0 Å². The molecule has 0 spiro atoms. The van der Waals surface area contributed by atoms with Crippen molar-refractivity contribution in [3.63, 3.8) is 0 Å². The minimum Gasteiger partial charge on any atom is -0.378 e. The van der Waals surface area contributed by atoms with Crippen molar-refractivity contribution in [2.45, 2.75) is 26.3 Å². The van der Waals surface area contributed by atoms with Crippen LogP contribution in [0, 0.1) is 6.92 Å². The number of rotatable bonds is 5. The van der Waals surface area contributed by atoms with Crippen LogP contribution in [-0.4, -0.2) is 89.3 Å². The molecule has 0 radical (unpaired) electrons. The van der Waals surface area contributed by atoms with Gasteiger partial charge in [0, 0.05) is 58.2 Å². The number of hydrogen-bond acceptors (Lipinski definition) is 4. The summed E-state index contributed by atoms with van der Waals surface area (Å²) in [5, 5.41) is 0. The second kappa shape index (κ2) is 8.48. The highest BCUT2D eigenvalue weighted by Gasteiger charge is 2.25. The van der Waals surface area contributed by atoms with Crippen LogP contribution in [0.1, 0.15) is 18.7 Å². The fourth-order valence-corrected chi connectivity index (χ4v) is 3.38. The Kier molecular flexibility index (Phi) is 6.09. The highest BCUT2D eigenvalue weighted by Crippen LogP contribution is 2.09. The molecule has 1 aromatic rings. The zero-order chi connectivity index (χ0) is 16.8. The lowest BCUT2D eigenvalue weighted by Crippen LogP contribution is -2.54. The molecule has 2 saturated heterocycles. The van der Waals surface area contributed by atoms with Gasteiger partial charge in [0.25, 0.3) is 0 Å². The predicted octanol–water partition coefficient (Wildman–Crippen LogP) is 1.04. The molecule has 0 bridgehead atoms. The molecule has 2 fully saturated rings. The van der Waals surface area contributed by atoms with E-state index in [0.29, 0.717) is 13.2 Å². The highest BCUT2D eigenvalue weighted by molar-refractivity contribution is 5.74. The van der Waals surface area contributed by atoms with E-state index in [1.165, 1.54) is 12.8 Å². The van der Waals surface area contributed by atoms with E-state index < -0.39 is 0 Å². The Morgan fingerprint density at radius 1 is 1.04 bits per heavy atom. The van der Waals surface area contributed by atoms with E-state index in [-0.39, 0.29) is 6.03 Å². The first kappa shape index (κ1) is 17.2. The van der Waals surface area contributed by atoms with E-state index in [2.05, 4.69) is 14.5 Å². The lowest BCUT2D eigenvalue weighted by atomic mass is 10.2. The van der Waals surface area contributed by atoms with Crippen molar-refractivity contribution in [3.8, 4) is 0 Å². The first-order valence-electron chi connectivity index (χ1n) is 9.06. The normalized spacial score (nSPS) is 19.7. The van der Waals surface area contributed by atoms with Crippen molar-refractivity contribution >= 4 is 6.03 Å². The Labute approximate surface area is 144 Å². The number of urea groups is 1. The number of carbonyl (C=O) groups excluding carboxylic acids is 1. The zero-order valence-electron chi connectivity index (χ0n) is 14.7. The maximum absolute atomic E-state index is 12.5. The second-order valence-corrected chi connectivity index (χ2v) is 6.59. The van der Waals surface area contributed by atoms with E-state index in [1.54, 1.807) is 0 Å². The van der Waals surface area contributed by atoms with E-state index >= 15 is 0 Å². The maximum atomic E-state index is 12.5. The minimum absolute atomic E-state index is 0.188. The van der Waals surface area contributed by atoms with Gasteiger partial charge in [-0.15, -0.1) is 0 Å². The third kappa shape index (κ3) is 4.48. The quantitative estimate of drug-likeness (QED) is 0.755. The molecule has 0 aromatic carbocycles. The van der Waals surface area contributed by atoms with Crippen LogP contribution in [0.3, 0.4) is 0 Å². The van der Waals surface area contributed by atoms with E-state index in [9.17, 15) is 4.79 Å². The van der Waals surface area contributed by atoms with Crippen molar-refractivity contribution in [3.05, 3.63) is 18.2 Å². The van der Waals surface area contributed by atoms with Crippen molar-refractivity contribution < 1.29 is 9.53 Å². The molecular weight excluding hydrogens is 306 g/mol. The van der Waals surface area contributed by atoms with E-state index in [0.717, 1.165) is 58.2 Å². The molecule has 134 valence electrons. The van der Waals surface area contributed by atoms with Gasteiger partial charge in [0.1, 0.15) is 5.82 Å². The molecule has 1 aromatic heterocycles. The predicted molar refractivity (Wildman–Crippen MR) is 92.0 cm³/mol. The third-order valence-electron chi connectivity index (χ3n) is 4.97. The number of aryl methyl sites for hydroxylation is 2. The molecule has 2 amide bonds. The fourth-order valence-electron chi connectivity index (χ4n) is 3.38. The van der Waals surface area contributed by atoms with Gasteiger partial charge in [-0.25, -0.2) is 9.78 Å². The summed E-state index contributed by atoms with van der Waals surface area (Å²) in [4.78, 5) is 23.1. The SMILES string of the molecule is Cc1nccn1CCCCN1CCN(C(=O)N2CCOCC2)CC1. The molecule has 3 heterocycles. The standard InChI is InChI=1S/C17H29N5O2/c1-16-18-4-7-20(16)6-3-2-5-19-8-10-21(11-9-19)17(23)22-12-14-24-15-13-22/h4,7H,2-3,5-6,8-15H2,1H3. The Morgan fingerprint density at radius 2 is 1.71 bits per heavy atom. The van der Waals surface area contributed by atoms with Crippen LogP contribution in [0.15, 0.2) is 12.4 Å². The highest BCUT2D eigenvalue weighted by atomic mass is 16.5. The number of unbranched alkanes of at least 4 members (excludes halogenated alkanes) is 1. The molecule has 0 atom stereocenters. The summed E-state index contributed by atoms with van der Waals surface area (Å²) in [7, 11) is 0. The van der Waals surface area contributed by atoms with Gasteiger partial charge >= 0.3 is 6.03 Å². The Morgan fingerprint density at radius 3 is 2.38 bits per heavy atom. The van der Waals surface area contributed by atoms with Crippen LogP contribution in [0.2, 0.25) is 0 Å². The van der Waals surface area contributed by atoms with Crippen LogP contribution in [0.4, 0.5) is 4.79 Å². The molecule has 0 saturated carbocycles. The molecule has 7 nitrogen and oxygen atoms in total. The van der Waals surface area contributed by atoms with Crippen LogP contribution >= 0.6 is 0 Å². The number of carbonyl (C=O) groups is 1. The lowest BCUT2D eigenvalue weighted by Gasteiger charge is -2.38. The van der Waals surface area contributed by atoms with Gasteiger partial charge in [0.15, 0.2) is 0 Å². The fraction of sp³-hybridized carbons (Fsp3) is 0.765. The smallest absolute Gasteiger partial charge is 0.320 e. The first-order valence-corrected chi connectivity index (χ1v) is 9.06. The number of morpholine rings is 1. The van der Waals surface area contributed by atoms with Crippen molar-refractivity contribution in [1.82, 2.24) is 24.3 Å². The summed E-state index contributed by atoms with van der Waals surface area (Å²) < 4.78 is 7.52. The average Bonchev–Trinajstić information content (AvgIpc) is 3.04. The molecular formula is C17H29N5O2. The number of piperazine rings is 1. The van der Waals surface area contributed by atoms with Crippen molar-refractivity contribution in [2.24, 2.45) is 0 Å². The van der Waals surface area contributed by atoms with Gasteiger partial charge in [-0.2, -0.15) is 0 Å². The Balaban J connectivity index is 1.32. The number of aromatic nitrogens is 2. The van der Waals surface area contributed by atoms with E-state index in [4.69, 9.17) is 4.74 Å². The number of ether oxygens (including phenoxy) is 1. The average molecular weight is 335 g/mol. The maximum Gasteiger partial charge on any atom is 0.320 e. The van der Waals surface area contributed by atoms with Crippen LogP contribution in [0.25, 0.3) is 0 Å². The molecule has 2 aliphatic heterocycles. The minimum atomic E-state index is 0.188. The van der Waals surface area contributed by atoms with Crippen LogP contribution < -0.4 is 0 Å². The molecule has 24 heavy (non-hydrogen) atoms. The van der Waals surface area contributed by atoms with E-state index in [1.807, 2.05) is 29.1 Å². The number of amides is 2. The number of hydrogen-bond donors (Lipinski definition) is 0. The second-order valence-electron chi connectivity index (χ2n) is 6.59. The van der Waals surface area contributed by atoms with Gasteiger partial charge in [-0.1, -0.05) is 0 Å². The molecule has 3 rings (SSSR count). The third-order valence-corrected chi connectivity index (χ3v) is 4.97. The largest absolute Gasteiger partial charge is 0.378 e. The monoisotopic (exact) mass is 335 g/mol. The first-order chi connectivity index (χ1) is 11.7. The van der Waals surface area contributed by atoms with Gasteiger partial charge < -0.3 is 19.1 Å². The molecule has 0 aliphatic carbocycles. The molecule has 2 aliphatic rings. The summed E-state index contributed by atoms with van der Waals surface area (Å²) in [6, 6.07) is 0.188. The van der Waals surface area contributed by atoms with Gasteiger partial charge in [-0.3, -0.25) is 4.90 Å². The summed E-state index contributed by atoms with van der Waals surface area (Å²) in [5.41, 5.74) is 0. The molecule has 0 unspecified atom stereocenters. The zero-order valence-corrected chi connectivity index (χ0v) is 14.7. The summed E-state index contributed by atoms with van der Waals surface area (Å²) in [6.45, 7) is 10.7. The number of nitrogens with zero attached hydrogens (tertiary/aromatic N) is 5. The van der Waals surface area contributed by atoms with Crippen LogP contribution in [0.5, 0.6) is 0 Å². The van der Waals surface area contributed by atoms with Crippen LogP contribution in [-0.2, 0) is 11.3 Å². The topological polar surface area (TPSA) is 53.8 Å². The Bertz CT molecular complexity index is 519. The van der Waals surface area contributed by atoms with Crippen molar-refractivity contribution in [1.29, 1.82) is 0 Å². The summed E-state index contributed by atoms with van der Waals surface area (Å²) >= 11 is 0. The van der Waals surface area contributed by atoms with Gasteiger partial charge in [0.05, 0.1) is 13.2 Å². The summed E-state index contributed by atoms with van der Waals surface area (Å²) in [5.74, 6) is 1.09.